The van der Waals surface area contributed by atoms with E-state index in [0.29, 0.717) is 29.3 Å². The van der Waals surface area contributed by atoms with Crippen LogP contribution in [0.2, 0.25) is 0 Å². The first-order chi connectivity index (χ1) is 16.1. The number of thiophene rings is 1. The molecule has 4 rings (SSSR count). The van der Waals surface area contributed by atoms with E-state index in [1.54, 1.807) is 11.4 Å². The summed E-state index contributed by atoms with van der Waals surface area (Å²) >= 11 is 1.55. The number of ketones is 1. The van der Waals surface area contributed by atoms with Gasteiger partial charge in [-0.15, -0.1) is 11.3 Å². The number of anilines is 1. The van der Waals surface area contributed by atoms with Crippen molar-refractivity contribution in [3.63, 3.8) is 0 Å². The third kappa shape index (κ3) is 5.06. The molecular weight excluding hydrogens is 511 g/mol. The van der Waals surface area contributed by atoms with Gasteiger partial charge in [-0.05, 0) is 48.6 Å². The molecule has 3 heterocycles. The molecule has 1 N–H and O–H groups in total. The maximum absolute atomic E-state index is 13.1. The van der Waals surface area contributed by atoms with Crippen LogP contribution in [0.15, 0.2) is 46.7 Å². The Balaban J connectivity index is 1.55. The van der Waals surface area contributed by atoms with Crippen LogP contribution in [0.1, 0.15) is 39.3 Å². The Morgan fingerprint density at radius 3 is 2.29 bits per heavy atom. The minimum atomic E-state index is -5.09. The summed E-state index contributed by atoms with van der Waals surface area (Å²) in [6.45, 7) is 0.889. The van der Waals surface area contributed by atoms with Crippen LogP contribution >= 0.6 is 22.7 Å². The highest BCUT2D eigenvalue weighted by atomic mass is 32.2. The van der Waals surface area contributed by atoms with Crippen molar-refractivity contribution >= 4 is 49.5 Å². The predicted octanol–water partition coefficient (Wildman–Crippen LogP) is 5.04. The number of piperidine rings is 1. The number of carbonyl (C=O) groups excluding carboxylic acids is 2. The third-order valence-electron chi connectivity index (χ3n) is 5.14. The van der Waals surface area contributed by atoms with Gasteiger partial charge in [-0.25, -0.2) is 13.4 Å². The minimum absolute atomic E-state index is 0.0539. The topological polar surface area (TPSA) is 96.4 Å². The molecule has 0 bridgehead atoms. The molecule has 0 saturated carbocycles. The number of nitrogens with zero attached hydrogens (tertiary/aromatic N) is 2. The van der Waals surface area contributed by atoms with Gasteiger partial charge in [0.1, 0.15) is 10.6 Å². The van der Waals surface area contributed by atoms with Gasteiger partial charge in [-0.1, -0.05) is 23.8 Å². The van der Waals surface area contributed by atoms with E-state index in [9.17, 15) is 31.2 Å². The zero-order valence-electron chi connectivity index (χ0n) is 17.5. The van der Waals surface area contributed by atoms with Crippen molar-refractivity contribution in [3.05, 3.63) is 52.2 Å². The average Bonchev–Trinajstić information content (AvgIpc) is 3.48. The molecule has 1 saturated heterocycles. The molecular formula is C21H18F3N3O4S3. The molecule has 7 nitrogen and oxygen atoms in total. The summed E-state index contributed by atoms with van der Waals surface area (Å²) in [6.07, 6.45) is -2.53. The van der Waals surface area contributed by atoms with Crippen LogP contribution in [0.4, 0.5) is 18.3 Å². The first-order valence-electron chi connectivity index (χ1n) is 10.1. The Bertz CT molecular complexity index is 1300. The molecule has 1 aliphatic rings. The Morgan fingerprint density at radius 2 is 1.71 bits per heavy atom. The predicted molar refractivity (Wildman–Crippen MR) is 123 cm³/mol. The lowest BCUT2D eigenvalue weighted by Gasteiger charge is -2.25. The van der Waals surface area contributed by atoms with E-state index >= 15 is 0 Å². The minimum Gasteiger partial charge on any atom is -0.298 e. The fourth-order valence-electron chi connectivity index (χ4n) is 3.44. The summed E-state index contributed by atoms with van der Waals surface area (Å²) in [5.74, 6) is -2.74. The van der Waals surface area contributed by atoms with E-state index < -0.39 is 32.8 Å². The maximum Gasteiger partial charge on any atom is 0.455 e. The van der Waals surface area contributed by atoms with Gasteiger partial charge in [-0.3, -0.25) is 14.9 Å². The zero-order valence-corrected chi connectivity index (χ0v) is 19.9. The summed E-state index contributed by atoms with van der Waals surface area (Å²) in [6, 6.07) is 8.41. The fraction of sp³-hybridized carbons (Fsp3) is 0.286. The number of benzene rings is 1. The number of carbonyl (C=O) groups is 2. The average molecular weight is 530 g/mol. The van der Waals surface area contributed by atoms with E-state index in [1.807, 2.05) is 0 Å². The van der Waals surface area contributed by atoms with Crippen LogP contribution in [-0.4, -0.2) is 48.7 Å². The number of rotatable bonds is 6. The molecule has 34 heavy (non-hydrogen) atoms. The molecule has 1 aliphatic heterocycles. The van der Waals surface area contributed by atoms with Crippen LogP contribution in [0.5, 0.6) is 0 Å². The van der Waals surface area contributed by atoms with Gasteiger partial charge in [0.2, 0.25) is 10.0 Å². The van der Waals surface area contributed by atoms with Gasteiger partial charge in [0.05, 0.1) is 9.77 Å². The Kier molecular flexibility index (Phi) is 6.90. The molecule has 13 heteroatoms. The first-order valence-corrected chi connectivity index (χ1v) is 13.3. The molecule has 1 aromatic carbocycles. The molecule has 0 atom stereocenters. The van der Waals surface area contributed by atoms with Crippen LogP contribution < -0.4 is 5.32 Å². The highest BCUT2D eigenvalue weighted by Gasteiger charge is 2.42. The van der Waals surface area contributed by atoms with Crippen molar-refractivity contribution in [2.24, 2.45) is 0 Å². The number of alkyl halides is 3. The van der Waals surface area contributed by atoms with Crippen LogP contribution in [-0.2, 0) is 10.0 Å². The van der Waals surface area contributed by atoms with Gasteiger partial charge in [-0.2, -0.15) is 17.5 Å². The van der Waals surface area contributed by atoms with Gasteiger partial charge >= 0.3 is 6.18 Å². The van der Waals surface area contributed by atoms with Gasteiger partial charge in [0, 0.05) is 18.7 Å². The quantitative estimate of drug-likeness (QED) is 0.451. The second kappa shape index (κ2) is 9.56. The molecule has 180 valence electrons. The summed E-state index contributed by atoms with van der Waals surface area (Å²) < 4.78 is 66.1. The zero-order chi connectivity index (χ0) is 24.5. The summed E-state index contributed by atoms with van der Waals surface area (Å²) in [5, 5.41) is 3.86. The van der Waals surface area contributed by atoms with Gasteiger partial charge in [0.25, 0.3) is 11.7 Å². The number of hydrogen-bond acceptors (Lipinski definition) is 7. The van der Waals surface area contributed by atoms with E-state index in [0.717, 1.165) is 30.6 Å². The second-order valence-corrected chi connectivity index (χ2v) is 11.3. The third-order valence-corrected chi connectivity index (χ3v) is 8.89. The lowest BCUT2D eigenvalue weighted by molar-refractivity contribution is -0.0882. The van der Waals surface area contributed by atoms with Gasteiger partial charge in [0.15, 0.2) is 5.13 Å². The normalized spacial score (nSPS) is 15.3. The largest absolute Gasteiger partial charge is 0.455 e. The number of amides is 1. The maximum atomic E-state index is 13.1. The molecule has 0 aliphatic carbocycles. The molecule has 2 aromatic heterocycles. The van der Waals surface area contributed by atoms with E-state index in [4.69, 9.17) is 0 Å². The molecule has 3 aromatic rings. The first kappa shape index (κ1) is 24.5. The Morgan fingerprint density at radius 1 is 1.03 bits per heavy atom. The summed E-state index contributed by atoms with van der Waals surface area (Å²) in [7, 11) is -3.67. The van der Waals surface area contributed by atoms with Crippen LogP contribution in [0, 0.1) is 0 Å². The monoisotopic (exact) mass is 529 g/mol. The standard InChI is InChI=1S/C21H18F3N3O4S3/c22-21(23,24)18(28)17-16(15-5-4-12-32-15)25-20(33-17)26-19(29)13-6-8-14(9-7-13)34(30,31)27-10-2-1-3-11-27/h4-9,12H,1-3,10-11H2,(H,25,26,29). The Hall–Kier alpha value is -2.61. The van der Waals surface area contributed by atoms with Crippen LogP contribution in [0.25, 0.3) is 10.6 Å². The lowest BCUT2D eigenvalue weighted by Crippen LogP contribution is -2.35. The van der Waals surface area contributed by atoms with E-state index in [2.05, 4.69) is 10.3 Å². The van der Waals surface area contributed by atoms with Crippen molar-refractivity contribution in [2.75, 3.05) is 18.4 Å². The number of thiazole rings is 1. The number of Topliss-reactive ketones (excluding diaryl/α,β-unsaturated/α-hetero) is 1. The molecule has 0 unspecified atom stereocenters. The molecule has 0 radical (unpaired) electrons. The lowest BCUT2D eigenvalue weighted by atomic mass is 10.2. The molecule has 0 spiro atoms. The van der Waals surface area contributed by atoms with Gasteiger partial charge < -0.3 is 0 Å². The van der Waals surface area contributed by atoms with E-state index in [-0.39, 0.29) is 21.3 Å². The SMILES string of the molecule is O=C(Nc1nc(-c2cccs2)c(C(=O)C(F)(F)F)s1)c1ccc(S(=O)(=O)N2CCCCC2)cc1. The fourth-order valence-corrected chi connectivity index (χ4v) is 6.68. The number of aromatic nitrogens is 1. The van der Waals surface area contributed by atoms with Crippen molar-refractivity contribution in [1.82, 2.24) is 9.29 Å². The number of hydrogen-bond donors (Lipinski definition) is 1. The Labute approximate surface area is 201 Å². The highest BCUT2D eigenvalue weighted by Crippen LogP contribution is 2.37. The van der Waals surface area contributed by atoms with Crippen molar-refractivity contribution in [2.45, 2.75) is 30.3 Å². The highest BCUT2D eigenvalue weighted by molar-refractivity contribution is 7.89. The number of nitrogens with one attached hydrogen (secondary N) is 1. The van der Waals surface area contributed by atoms with E-state index in [1.165, 1.54) is 34.6 Å². The second-order valence-electron chi connectivity index (χ2n) is 7.44. The summed E-state index contributed by atoms with van der Waals surface area (Å²) in [5.41, 5.74) is -0.0604. The number of sulfonamides is 1. The molecule has 1 amide bonds. The smallest absolute Gasteiger partial charge is 0.298 e. The molecule has 1 fully saturated rings. The summed E-state index contributed by atoms with van der Waals surface area (Å²) in [4.78, 5) is 28.4. The van der Waals surface area contributed by atoms with Crippen molar-refractivity contribution < 1.29 is 31.2 Å². The van der Waals surface area contributed by atoms with Crippen molar-refractivity contribution in [1.29, 1.82) is 0 Å². The number of halogens is 3. The van der Waals surface area contributed by atoms with Crippen molar-refractivity contribution in [3.8, 4) is 10.6 Å². The van der Waals surface area contributed by atoms with Crippen LogP contribution in [0.3, 0.4) is 0 Å².